The molecule has 22 heavy (non-hydrogen) atoms. The van der Waals surface area contributed by atoms with E-state index in [-0.39, 0.29) is 5.91 Å². The third-order valence-corrected chi connectivity index (χ3v) is 5.26. The summed E-state index contributed by atoms with van der Waals surface area (Å²) in [5.74, 6) is 0.169. The molecule has 1 amide bonds. The highest BCUT2D eigenvalue weighted by atomic mass is 32.1. The molecule has 0 aromatic carbocycles. The van der Waals surface area contributed by atoms with Gasteiger partial charge in [-0.25, -0.2) is 4.79 Å². The molecule has 1 unspecified atom stereocenters. The first kappa shape index (κ1) is 17.0. The van der Waals surface area contributed by atoms with Crippen LogP contribution >= 0.6 is 11.3 Å². The van der Waals surface area contributed by atoms with E-state index in [4.69, 9.17) is 4.74 Å². The second-order valence-electron chi connectivity index (χ2n) is 6.01. The van der Waals surface area contributed by atoms with Crippen LogP contribution in [-0.4, -0.2) is 43.5 Å². The molecule has 0 saturated carbocycles. The Morgan fingerprint density at radius 2 is 2.14 bits per heavy atom. The van der Waals surface area contributed by atoms with Crippen molar-refractivity contribution in [2.24, 2.45) is 5.92 Å². The first-order valence-electron chi connectivity index (χ1n) is 7.62. The summed E-state index contributed by atoms with van der Waals surface area (Å²) in [6.45, 7) is 8.32. The molecule has 1 aromatic heterocycles. The number of piperidine rings is 1. The Morgan fingerprint density at radius 3 is 2.77 bits per heavy atom. The minimum absolute atomic E-state index is 0.0690. The number of anilines is 1. The molecular formula is C16H24N2O3S. The Labute approximate surface area is 135 Å². The van der Waals surface area contributed by atoms with Crippen LogP contribution in [0.15, 0.2) is 0 Å². The molecule has 5 nitrogen and oxygen atoms in total. The lowest BCUT2D eigenvalue weighted by Crippen LogP contribution is -2.39. The molecule has 1 aromatic rings. The summed E-state index contributed by atoms with van der Waals surface area (Å²) in [5, 5.41) is 3.48. The molecule has 6 heteroatoms. The first-order chi connectivity index (χ1) is 10.4. The van der Waals surface area contributed by atoms with Crippen LogP contribution in [0.1, 0.15) is 40.6 Å². The molecule has 0 bridgehead atoms. The Morgan fingerprint density at radius 1 is 1.41 bits per heavy atom. The number of nitrogens with zero attached hydrogens (tertiary/aromatic N) is 1. The summed E-state index contributed by atoms with van der Waals surface area (Å²) in [7, 11) is 1.36. The molecule has 122 valence electrons. The minimum Gasteiger partial charge on any atom is -0.465 e. The van der Waals surface area contributed by atoms with Gasteiger partial charge in [-0.2, -0.15) is 0 Å². The smallest absolute Gasteiger partial charge is 0.341 e. The lowest BCUT2D eigenvalue weighted by Gasteiger charge is -2.30. The highest BCUT2D eigenvalue weighted by Crippen LogP contribution is 2.32. The molecule has 0 radical (unpaired) electrons. The molecule has 2 heterocycles. The van der Waals surface area contributed by atoms with Gasteiger partial charge in [-0.3, -0.25) is 9.69 Å². The van der Waals surface area contributed by atoms with Crippen molar-refractivity contribution < 1.29 is 14.3 Å². The third-order valence-electron chi connectivity index (χ3n) is 4.14. The standard InChI is InChI=1S/C16H24N2O3S/c1-10-6-5-7-18(8-10)9-13(19)17-15-14(16(20)21-4)11(2)12(3)22-15/h10H,5-9H2,1-4H3,(H,17,19). The second-order valence-corrected chi connectivity index (χ2v) is 7.23. The van der Waals surface area contributed by atoms with Crippen LogP contribution in [0.5, 0.6) is 0 Å². The Hall–Kier alpha value is -1.40. The number of nitrogens with one attached hydrogen (secondary N) is 1. The first-order valence-corrected chi connectivity index (χ1v) is 8.44. The van der Waals surface area contributed by atoms with Crippen molar-refractivity contribution >= 4 is 28.2 Å². The number of esters is 1. The molecule has 1 saturated heterocycles. The van der Waals surface area contributed by atoms with E-state index >= 15 is 0 Å². The number of likely N-dealkylation sites (tertiary alicyclic amines) is 1. The monoisotopic (exact) mass is 324 g/mol. The highest BCUT2D eigenvalue weighted by Gasteiger charge is 2.23. The van der Waals surface area contributed by atoms with E-state index in [1.54, 1.807) is 0 Å². The van der Waals surface area contributed by atoms with Crippen LogP contribution in [-0.2, 0) is 9.53 Å². The number of ether oxygens (including phenoxy) is 1. The van der Waals surface area contributed by atoms with Crippen molar-refractivity contribution in [3.05, 3.63) is 16.0 Å². The maximum atomic E-state index is 12.3. The molecule has 2 rings (SSSR count). The molecule has 1 N–H and O–H groups in total. The van der Waals surface area contributed by atoms with Crippen LogP contribution in [0.3, 0.4) is 0 Å². The van der Waals surface area contributed by atoms with Gasteiger partial charge >= 0.3 is 5.97 Å². The van der Waals surface area contributed by atoms with Gasteiger partial charge in [-0.05, 0) is 44.7 Å². The predicted molar refractivity (Wildman–Crippen MR) is 88.6 cm³/mol. The summed E-state index contributed by atoms with van der Waals surface area (Å²) in [6.07, 6.45) is 2.37. The van der Waals surface area contributed by atoms with Gasteiger partial charge in [0.25, 0.3) is 0 Å². The average Bonchev–Trinajstić information content (AvgIpc) is 2.72. The lowest BCUT2D eigenvalue weighted by atomic mass is 10.0. The summed E-state index contributed by atoms with van der Waals surface area (Å²) in [6, 6.07) is 0. The fourth-order valence-corrected chi connectivity index (χ4v) is 3.93. The molecule has 1 aliphatic heterocycles. The van der Waals surface area contributed by atoms with Crippen LogP contribution in [0, 0.1) is 19.8 Å². The summed E-state index contributed by atoms with van der Waals surface area (Å²) >= 11 is 1.42. The number of hydrogen-bond acceptors (Lipinski definition) is 5. The zero-order valence-electron chi connectivity index (χ0n) is 13.7. The van der Waals surface area contributed by atoms with Crippen LogP contribution in [0.25, 0.3) is 0 Å². The molecule has 0 spiro atoms. The number of hydrogen-bond donors (Lipinski definition) is 1. The van der Waals surface area contributed by atoms with Crippen LogP contribution in [0.2, 0.25) is 0 Å². The van der Waals surface area contributed by atoms with E-state index < -0.39 is 5.97 Å². The van der Waals surface area contributed by atoms with Crippen LogP contribution in [0.4, 0.5) is 5.00 Å². The highest BCUT2D eigenvalue weighted by molar-refractivity contribution is 7.16. The van der Waals surface area contributed by atoms with Gasteiger partial charge in [0, 0.05) is 11.4 Å². The topological polar surface area (TPSA) is 58.6 Å². The molecule has 1 atom stereocenters. The number of carbonyl (C=O) groups excluding carboxylic acids is 2. The molecule has 1 aliphatic rings. The summed E-state index contributed by atoms with van der Waals surface area (Å²) in [4.78, 5) is 27.4. The minimum atomic E-state index is -0.399. The fraction of sp³-hybridized carbons (Fsp3) is 0.625. The van der Waals surface area contributed by atoms with Crippen molar-refractivity contribution in [3.63, 3.8) is 0 Å². The van der Waals surface area contributed by atoms with Gasteiger partial charge in [0.05, 0.1) is 19.2 Å². The predicted octanol–water partition coefficient (Wildman–Crippen LogP) is 2.82. The number of rotatable bonds is 4. The maximum absolute atomic E-state index is 12.3. The summed E-state index contributed by atoms with van der Waals surface area (Å²) in [5.41, 5.74) is 1.35. The number of thiophene rings is 1. The normalized spacial score (nSPS) is 19.0. The zero-order valence-corrected chi connectivity index (χ0v) is 14.5. The maximum Gasteiger partial charge on any atom is 0.341 e. The van der Waals surface area contributed by atoms with Gasteiger partial charge in [-0.1, -0.05) is 6.92 Å². The average molecular weight is 324 g/mol. The Kier molecular flexibility index (Phi) is 5.58. The zero-order chi connectivity index (χ0) is 16.3. The Balaban J connectivity index is 2.05. The second kappa shape index (κ2) is 7.24. The van der Waals surface area contributed by atoms with Gasteiger partial charge in [0.2, 0.25) is 5.91 Å². The van der Waals surface area contributed by atoms with E-state index in [1.165, 1.54) is 24.9 Å². The van der Waals surface area contributed by atoms with Gasteiger partial charge < -0.3 is 10.1 Å². The van der Waals surface area contributed by atoms with E-state index in [2.05, 4.69) is 17.1 Å². The number of carbonyl (C=O) groups is 2. The van der Waals surface area contributed by atoms with Gasteiger partial charge in [0.15, 0.2) is 0 Å². The Bertz CT molecular complexity index is 568. The number of aryl methyl sites for hydroxylation is 1. The fourth-order valence-electron chi connectivity index (χ4n) is 2.86. The SMILES string of the molecule is COC(=O)c1c(NC(=O)CN2CCCC(C)C2)sc(C)c1C. The largest absolute Gasteiger partial charge is 0.465 e. The van der Waals surface area contributed by atoms with E-state index in [9.17, 15) is 9.59 Å². The molecule has 0 aliphatic carbocycles. The van der Waals surface area contributed by atoms with Crippen molar-refractivity contribution in [3.8, 4) is 0 Å². The number of amides is 1. The quantitative estimate of drug-likeness (QED) is 0.865. The third kappa shape index (κ3) is 3.87. The van der Waals surface area contributed by atoms with Gasteiger partial charge in [0.1, 0.15) is 5.00 Å². The van der Waals surface area contributed by atoms with Crippen LogP contribution < -0.4 is 5.32 Å². The van der Waals surface area contributed by atoms with Gasteiger partial charge in [-0.15, -0.1) is 11.3 Å². The van der Waals surface area contributed by atoms with E-state index in [0.29, 0.717) is 23.0 Å². The van der Waals surface area contributed by atoms with E-state index in [0.717, 1.165) is 30.0 Å². The molecular weight excluding hydrogens is 300 g/mol. The molecule has 1 fully saturated rings. The van der Waals surface area contributed by atoms with Crippen molar-refractivity contribution in [1.29, 1.82) is 0 Å². The van der Waals surface area contributed by atoms with Crippen molar-refractivity contribution in [2.45, 2.75) is 33.6 Å². The number of methoxy groups -OCH3 is 1. The van der Waals surface area contributed by atoms with E-state index in [1.807, 2.05) is 13.8 Å². The van der Waals surface area contributed by atoms with Crippen molar-refractivity contribution in [1.82, 2.24) is 4.90 Å². The lowest BCUT2D eigenvalue weighted by molar-refractivity contribution is -0.117. The summed E-state index contributed by atoms with van der Waals surface area (Å²) < 4.78 is 4.82. The van der Waals surface area contributed by atoms with Crippen molar-refractivity contribution in [2.75, 3.05) is 32.1 Å².